The fourth-order valence-corrected chi connectivity index (χ4v) is 167. The molecule has 6 aromatic carbocycles. The number of carbonyl (C=O) groups is 2. The van der Waals surface area contributed by atoms with Crippen molar-refractivity contribution in [1.29, 1.82) is 0 Å². The van der Waals surface area contributed by atoms with Crippen LogP contribution in [0.15, 0.2) is 146 Å². The molecule has 1 N–H and O–H groups in total. The molecule has 0 amide bonds. The van der Waals surface area contributed by atoms with Gasteiger partial charge in [-0.3, -0.25) is 0 Å². The summed E-state index contributed by atoms with van der Waals surface area (Å²) < 4.78 is 20.6. The number of methoxy groups -OCH3 is 1. The first-order chi connectivity index (χ1) is 59.4. The number of halogens is 4. The summed E-state index contributed by atoms with van der Waals surface area (Å²) in [5, 5.41) is 13.5. The van der Waals surface area contributed by atoms with E-state index in [1.807, 2.05) is 369 Å². The molecule has 0 unspecified atom stereocenters. The molecule has 8 rings (SSSR count). The Morgan fingerprint density at radius 1 is 0.273 bits per heavy atom. The van der Waals surface area contributed by atoms with E-state index in [-0.39, 0.29) is 17.1 Å². The minimum Gasteiger partial charge on any atom is -0.476 e. The molecule has 121 heavy (non-hydrogen) atoms. The van der Waals surface area contributed by atoms with Crippen molar-refractivity contribution in [3.05, 3.63) is 177 Å². The Balaban J connectivity index is 0.000000309. The first kappa shape index (κ1) is 120. The number of aromatic carboxylic acids is 1. The summed E-state index contributed by atoms with van der Waals surface area (Å²) >= 11 is 43.5. The van der Waals surface area contributed by atoms with Crippen LogP contribution in [-0.2, 0) is 600 Å². The number of hydrogen-bond donors (Lipinski definition) is 1. The number of carboxylic acid groups (broad SMARTS) is 1. The molecule has 0 saturated heterocycles. The van der Waals surface area contributed by atoms with Gasteiger partial charge in [0.2, 0.25) is 0 Å². The van der Waals surface area contributed by atoms with E-state index in [1.54, 1.807) is 301 Å². The van der Waals surface area contributed by atoms with Crippen LogP contribution < -0.4 is 9.47 Å². The van der Waals surface area contributed by atoms with Gasteiger partial charge in [-0.25, -0.2) is 9.59 Å². The van der Waals surface area contributed by atoms with Gasteiger partial charge in [-0.2, -0.15) is 0 Å². The van der Waals surface area contributed by atoms with Gasteiger partial charge in [0.15, 0.2) is 22.9 Å². The predicted octanol–water partition coefficient (Wildman–Crippen LogP) is 12.8. The maximum atomic E-state index is 12.8. The molecule has 0 bridgehead atoms. The van der Waals surface area contributed by atoms with Crippen molar-refractivity contribution >= 4 is 675 Å². The van der Waals surface area contributed by atoms with Gasteiger partial charge in [-0.15, -0.1) is 0 Å². The van der Waals surface area contributed by atoms with Crippen molar-refractivity contribution in [1.82, 2.24) is 9.13 Å². The highest BCUT2D eigenvalue weighted by Crippen LogP contribution is 2.42. The summed E-state index contributed by atoms with van der Waals surface area (Å²) in [5.74, 6) is 0.126. The fraction of sp³-hybridized carbons (Fsp3) is 0.0233. The van der Waals surface area contributed by atoms with E-state index in [4.69, 9.17) is 105 Å². The van der Waals surface area contributed by atoms with Crippen molar-refractivity contribution in [2.45, 2.75) is 0 Å². The summed E-state index contributed by atoms with van der Waals surface area (Å²) in [6.45, 7) is 0. The lowest BCUT2D eigenvalue weighted by Crippen LogP contribution is -2.10. The number of esters is 1. The van der Waals surface area contributed by atoms with Crippen LogP contribution in [0, 0.1) is 0 Å². The van der Waals surface area contributed by atoms with Gasteiger partial charge in [0.25, 0.3) is 0 Å². The van der Waals surface area contributed by atoms with E-state index in [0.29, 0.717) is 59.3 Å². The smallest absolute Gasteiger partial charge is 0.359 e. The number of hydrogen-bond acceptors (Lipinski definition) is 9. The highest BCUT2D eigenvalue weighted by Gasteiger charge is 2.28. The van der Waals surface area contributed by atoms with E-state index < -0.39 is 11.9 Å². The lowest BCUT2D eigenvalue weighted by molar-refractivity contribution is 0.0588. The molecule has 0 aliphatic carbocycles. The maximum Gasteiger partial charge on any atom is 0.359 e. The third-order valence-corrected chi connectivity index (χ3v) is 144. The molecule has 8 nitrogen and oxygen atoms in total. The Kier molecular flexibility index (Phi) is 83.7. The molecule has 0 atom stereocenters. The number of nitrogens with zero attached hydrogens (tertiary/aromatic N) is 2. The van der Waals surface area contributed by atoms with Crippen LogP contribution in [0.4, 0.5) is 0 Å². The maximum absolute atomic E-state index is 12.8. The third kappa shape index (κ3) is 58.0. The second-order valence-corrected chi connectivity index (χ2v) is 128. The summed E-state index contributed by atoms with van der Waals surface area (Å²) in [7, 11) is 111. The SMILES string of the molecule is COC(=O)c1c(Oc2ccccc2)c2cc(Cl)ccc2n1-c1ccc(Cl)cc1.O=C(O)c1c(Oc2ccccc2)c2cc(Cl)ccc2n1-c1ccc(Cl)cc1.S=S=S=S=S=S=S=S=S=S=S=S=S=S=S=S.S=S=S=S=S=S=S=S=S=S=S=S=S=S=S=S=S=S=S=S=S=S=S=S=S=S=S=S=S=S=S=S=S=S=S=S=S=S=S=S=S=S=S=S=S=S=S=S=S=S. The van der Waals surface area contributed by atoms with Crippen LogP contribution >= 0.6 is 46.4 Å². The van der Waals surface area contributed by atoms with E-state index >= 15 is 0 Å². The van der Waals surface area contributed by atoms with Crippen molar-refractivity contribution in [3.63, 3.8) is 0 Å². The van der Waals surface area contributed by atoms with Crippen LogP contribution in [0.2, 0.25) is 20.1 Å². The molecular weight excluding hydrogens is 2900 g/mol. The molecule has 2 heterocycles. The van der Waals surface area contributed by atoms with Gasteiger partial charge in [0, 0.05) is 638 Å². The highest BCUT2D eigenvalue weighted by atomic mass is 35.5. The molecule has 0 fully saturated rings. The van der Waals surface area contributed by atoms with Crippen LogP contribution in [0.25, 0.3) is 33.2 Å². The lowest BCUT2D eigenvalue weighted by Gasteiger charge is -2.11. The first-order valence-corrected chi connectivity index (χ1v) is 114. The summed E-state index contributed by atoms with van der Waals surface area (Å²) in [6, 6.07) is 43.0. The average Bonchev–Trinajstić information content (AvgIpc) is 1.60. The molecule has 0 radical (unpaired) electrons. The molecule has 0 aliphatic rings. The second-order valence-electron chi connectivity index (χ2n) is 16.1. The van der Waals surface area contributed by atoms with E-state index in [9.17, 15) is 14.7 Å². The summed E-state index contributed by atoms with van der Waals surface area (Å²) in [6.07, 6.45) is 0. The highest BCUT2D eigenvalue weighted by molar-refractivity contribution is 8.83. The van der Waals surface area contributed by atoms with E-state index in [0.717, 1.165) is 11.2 Å². The number of aromatic nitrogens is 2. The number of benzene rings is 6. The minimum absolute atomic E-state index is 0.0124. The normalized spacial score (nSPS) is 9.10. The average molecular weight is 2930 g/mol. The topological polar surface area (TPSA) is 91.9 Å². The molecule has 0 saturated carbocycles. The summed E-state index contributed by atoms with van der Waals surface area (Å²) in [5.41, 5.74) is 3.12. The number of carbonyl (C=O) groups excluding carboxylic acids is 1. The van der Waals surface area contributed by atoms with Crippen molar-refractivity contribution < 1.29 is 28.9 Å². The quantitative estimate of drug-likeness (QED) is 0.148. The number of rotatable bonds is 8. The Bertz CT molecular complexity index is 8090. The molecule has 0 spiro atoms. The van der Waals surface area contributed by atoms with Gasteiger partial charge < -0.3 is 28.5 Å². The standard InChI is InChI=1S/C22H15Cl2NO3.C21H13Cl2NO3.S50.S16/c1-27-22(26)20-21(28-17-5-3-2-4-6-17)18-13-15(24)9-12-19(18)25(20)16-10-7-14(23)8-11-16;22-13-6-9-15(10-7-13)24-18-11-8-14(23)12-17(18)20(19(24)21(25)26)27-16-4-2-1-3-5-16;1-3-5-7-9-11-13-15-17-19-21-23-25-27-29-31-33-35-37-39-41-43-45-47-49-50-48-46-44-42-40-38-36-34-32-30-28-26-24-22-20-18-16-14-12-10-8-6-4-2;1-3-5-7-9-11-13-15-16-14-12-10-8-6-4-2/h2-13H,1H3;1-12H,(H,25,26);;. The number of carboxylic acids is 1. The zero-order chi connectivity index (χ0) is 86.5. The monoisotopic (exact) mass is 2920 g/mol. The second kappa shape index (κ2) is 84.3. The Morgan fingerprint density at radius 2 is 0.471 bits per heavy atom. The minimum atomic E-state index is -1.11. The molecule has 670 valence electrons. The molecule has 2 aromatic heterocycles. The first-order valence-electron chi connectivity index (χ1n) is 27.3. The lowest BCUT2D eigenvalue weighted by atomic mass is 10.2. The van der Waals surface area contributed by atoms with Crippen LogP contribution in [0.3, 0.4) is 0 Å². The Hall–Kier alpha value is 8.62. The molecule has 78 heteroatoms. The molecule has 8 aromatic rings. The van der Waals surface area contributed by atoms with Crippen molar-refractivity contribution in [3.8, 4) is 34.4 Å². The van der Waals surface area contributed by atoms with Gasteiger partial charge in [-0.05, 0) is 109 Å². The predicted molar refractivity (Wildman–Crippen MR) is 704 cm³/mol. The van der Waals surface area contributed by atoms with E-state index in [1.165, 1.54) is 42.6 Å². The Morgan fingerprint density at radius 3 is 0.678 bits per heavy atom. The zero-order valence-corrected chi connectivity index (χ0v) is 113. The number of para-hydroxylation sites is 2. The van der Waals surface area contributed by atoms with Gasteiger partial charge in [0.05, 0.1) is 18.1 Å². The summed E-state index contributed by atoms with van der Waals surface area (Å²) in [4.78, 5) is 24.9. The third-order valence-electron chi connectivity index (χ3n) is 10.1. The number of fused-ring (bicyclic) bond motifs is 2. The molecular formula is C43H28Cl4N2O6S66. The zero-order valence-electron chi connectivity index (χ0n) is 55.7. The van der Waals surface area contributed by atoms with Crippen LogP contribution in [-0.4, -0.2) is 33.3 Å². The fourth-order valence-electron chi connectivity index (χ4n) is 6.74. The van der Waals surface area contributed by atoms with Gasteiger partial charge >= 0.3 is 11.9 Å². The van der Waals surface area contributed by atoms with Gasteiger partial charge in [-0.1, -0.05) is 82.8 Å². The molecule has 0 aliphatic heterocycles. The van der Waals surface area contributed by atoms with Gasteiger partial charge in [0.1, 0.15) is 11.5 Å². The number of ether oxygens (including phenoxy) is 3. The largest absolute Gasteiger partial charge is 0.476 e. The van der Waals surface area contributed by atoms with Crippen molar-refractivity contribution in [2.75, 3.05) is 7.11 Å². The Labute approximate surface area is 910 Å². The van der Waals surface area contributed by atoms with E-state index in [2.05, 4.69) is 0 Å². The van der Waals surface area contributed by atoms with Crippen molar-refractivity contribution in [2.24, 2.45) is 0 Å². The van der Waals surface area contributed by atoms with Crippen LogP contribution in [0.1, 0.15) is 21.0 Å². The van der Waals surface area contributed by atoms with Crippen LogP contribution in [0.5, 0.6) is 23.0 Å².